The maximum atomic E-state index is 12.7. The van der Waals surface area contributed by atoms with Gasteiger partial charge in [-0.3, -0.25) is 4.79 Å². The minimum absolute atomic E-state index is 0.0112. The number of benzene rings is 3. The monoisotopic (exact) mass is 347 g/mol. The number of aryl methyl sites for hydroxylation is 1. The van der Waals surface area contributed by atoms with Crippen LogP contribution in [-0.2, 0) is 11.2 Å². The summed E-state index contributed by atoms with van der Waals surface area (Å²) in [6.45, 7) is 0.776. The molecule has 0 fully saturated rings. The molecule has 4 heteroatoms. The van der Waals surface area contributed by atoms with E-state index in [0.717, 1.165) is 41.6 Å². The largest absolute Gasteiger partial charge is 0.497 e. The van der Waals surface area contributed by atoms with Gasteiger partial charge in [0, 0.05) is 12.2 Å². The van der Waals surface area contributed by atoms with Gasteiger partial charge in [-0.1, -0.05) is 30.3 Å². The fourth-order valence-electron chi connectivity index (χ4n) is 3.44. The lowest BCUT2D eigenvalue weighted by Crippen LogP contribution is -2.38. The standard InChI is InChI=1S/C22H21NO3/c1-25-19-10-8-16-9-11-20(14-18(16)13-19)26-15-22(24)23-12-4-6-17-5-2-3-7-21(17)23/h2-3,5,7-11,13-14H,4,6,12,15H2,1H3. The first-order valence-corrected chi connectivity index (χ1v) is 8.83. The van der Waals surface area contributed by atoms with Crippen LogP contribution < -0.4 is 14.4 Å². The Bertz CT molecular complexity index is 951. The summed E-state index contributed by atoms with van der Waals surface area (Å²) in [5.74, 6) is 1.47. The number of nitrogens with zero attached hydrogens (tertiary/aromatic N) is 1. The van der Waals surface area contributed by atoms with Crippen LogP contribution in [0, 0.1) is 0 Å². The summed E-state index contributed by atoms with van der Waals surface area (Å²) in [6.07, 6.45) is 2.01. The second-order valence-corrected chi connectivity index (χ2v) is 6.44. The summed E-state index contributed by atoms with van der Waals surface area (Å²) in [7, 11) is 1.65. The number of carbonyl (C=O) groups excluding carboxylic acids is 1. The van der Waals surface area contributed by atoms with Gasteiger partial charge in [0.05, 0.1) is 7.11 Å². The van der Waals surface area contributed by atoms with E-state index in [9.17, 15) is 4.79 Å². The summed E-state index contributed by atoms with van der Waals surface area (Å²) in [6, 6.07) is 19.8. The molecule has 4 nitrogen and oxygen atoms in total. The number of ether oxygens (including phenoxy) is 2. The van der Waals surface area contributed by atoms with E-state index in [1.165, 1.54) is 5.56 Å². The fourth-order valence-corrected chi connectivity index (χ4v) is 3.44. The van der Waals surface area contributed by atoms with E-state index < -0.39 is 0 Å². The lowest BCUT2D eigenvalue weighted by Gasteiger charge is -2.29. The molecule has 3 aromatic rings. The molecule has 0 bridgehead atoms. The summed E-state index contributed by atoms with van der Waals surface area (Å²) in [5.41, 5.74) is 2.24. The molecule has 0 saturated heterocycles. The zero-order chi connectivity index (χ0) is 17.9. The van der Waals surface area contributed by atoms with Gasteiger partial charge < -0.3 is 14.4 Å². The average Bonchev–Trinajstić information content (AvgIpc) is 2.71. The molecule has 1 heterocycles. The van der Waals surface area contributed by atoms with E-state index in [0.29, 0.717) is 5.75 Å². The summed E-state index contributed by atoms with van der Waals surface area (Å²) >= 11 is 0. The molecule has 0 saturated carbocycles. The number of hydrogen-bond donors (Lipinski definition) is 0. The Labute approximate surface area is 153 Å². The molecule has 0 unspecified atom stereocenters. The average molecular weight is 347 g/mol. The molecule has 0 atom stereocenters. The van der Waals surface area contributed by atoms with Crippen molar-refractivity contribution in [2.75, 3.05) is 25.2 Å². The molecular formula is C22H21NO3. The number of carbonyl (C=O) groups is 1. The van der Waals surface area contributed by atoms with Gasteiger partial charge in [0.1, 0.15) is 11.5 Å². The van der Waals surface area contributed by atoms with Crippen LogP contribution >= 0.6 is 0 Å². The maximum absolute atomic E-state index is 12.7. The van der Waals surface area contributed by atoms with Crippen molar-refractivity contribution in [1.29, 1.82) is 0 Å². The topological polar surface area (TPSA) is 38.8 Å². The van der Waals surface area contributed by atoms with E-state index in [1.807, 2.05) is 59.5 Å². The van der Waals surface area contributed by atoms with Crippen LogP contribution in [0.2, 0.25) is 0 Å². The number of fused-ring (bicyclic) bond motifs is 2. The molecule has 0 radical (unpaired) electrons. The Balaban J connectivity index is 1.49. The minimum Gasteiger partial charge on any atom is -0.497 e. The van der Waals surface area contributed by atoms with Gasteiger partial charge in [0.25, 0.3) is 5.91 Å². The van der Waals surface area contributed by atoms with Crippen molar-refractivity contribution in [1.82, 2.24) is 0 Å². The van der Waals surface area contributed by atoms with Gasteiger partial charge in [0.15, 0.2) is 6.61 Å². The minimum atomic E-state index is -0.0112. The second-order valence-electron chi connectivity index (χ2n) is 6.44. The van der Waals surface area contributed by atoms with E-state index in [-0.39, 0.29) is 12.5 Å². The first kappa shape index (κ1) is 16.5. The lowest BCUT2D eigenvalue weighted by atomic mass is 10.0. The number of para-hydroxylation sites is 1. The van der Waals surface area contributed by atoms with Crippen LogP contribution in [0.1, 0.15) is 12.0 Å². The third-order valence-electron chi connectivity index (χ3n) is 4.79. The van der Waals surface area contributed by atoms with Crippen molar-refractivity contribution < 1.29 is 14.3 Å². The van der Waals surface area contributed by atoms with Crippen LogP contribution in [0.25, 0.3) is 10.8 Å². The molecule has 1 aliphatic heterocycles. The zero-order valence-electron chi connectivity index (χ0n) is 14.8. The number of anilines is 1. The van der Waals surface area contributed by atoms with Crippen molar-refractivity contribution in [2.45, 2.75) is 12.8 Å². The van der Waals surface area contributed by atoms with Gasteiger partial charge in [0.2, 0.25) is 0 Å². The van der Waals surface area contributed by atoms with Crippen LogP contribution in [0.5, 0.6) is 11.5 Å². The van der Waals surface area contributed by atoms with E-state index in [1.54, 1.807) is 7.11 Å². The molecular weight excluding hydrogens is 326 g/mol. The third kappa shape index (κ3) is 3.23. The zero-order valence-corrected chi connectivity index (χ0v) is 14.8. The van der Waals surface area contributed by atoms with Crippen molar-refractivity contribution in [3.63, 3.8) is 0 Å². The Morgan fingerprint density at radius 1 is 1.00 bits per heavy atom. The SMILES string of the molecule is COc1ccc2ccc(OCC(=O)N3CCCc4ccccc43)cc2c1. The molecule has 0 aromatic heterocycles. The quantitative estimate of drug-likeness (QED) is 0.710. The normalized spacial score (nSPS) is 13.3. The molecule has 0 aliphatic carbocycles. The van der Waals surface area contributed by atoms with Gasteiger partial charge in [-0.05, 0) is 59.5 Å². The van der Waals surface area contributed by atoms with Gasteiger partial charge in [-0.15, -0.1) is 0 Å². The maximum Gasteiger partial charge on any atom is 0.264 e. The van der Waals surface area contributed by atoms with E-state index >= 15 is 0 Å². The van der Waals surface area contributed by atoms with Gasteiger partial charge in [-0.2, -0.15) is 0 Å². The van der Waals surface area contributed by atoms with Gasteiger partial charge >= 0.3 is 0 Å². The summed E-state index contributed by atoms with van der Waals surface area (Å²) < 4.78 is 11.1. The number of methoxy groups -OCH3 is 1. The van der Waals surface area contributed by atoms with Crippen LogP contribution in [0.15, 0.2) is 60.7 Å². The second kappa shape index (κ2) is 7.08. The third-order valence-corrected chi connectivity index (χ3v) is 4.79. The molecule has 1 amide bonds. The molecule has 3 aromatic carbocycles. The van der Waals surface area contributed by atoms with Crippen LogP contribution in [0.3, 0.4) is 0 Å². The van der Waals surface area contributed by atoms with Crippen molar-refractivity contribution >= 4 is 22.4 Å². The Morgan fingerprint density at radius 2 is 1.77 bits per heavy atom. The number of amides is 1. The fraction of sp³-hybridized carbons (Fsp3) is 0.227. The highest BCUT2D eigenvalue weighted by atomic mass is 16.5. The van der Waals surface area contributed by atoms with E-state index in [4.69, 9.17) is 9.47 Å². The predicted molar refractivity (Wildman–Crippen MR) is 103 cm³/mol. The number of rotatable bonds is 4. The molecule has 132 valence electrons. The Kier molecular flexibility index (Phi) is 4.48. The first-order valence-electron chi connectivity index (χ1n) is 8.83. The molecule has 4 rings (SSSR count). The summed E-state index contributed by atoms with van der Waals surface area (Å²) in [4.78, 5) is 14.5. The highest BCUT2D eigenvalue weighted by Crippen LogP contribution is 2.28. The van der Waals surface area contributed by atoms with Crippen LogP contribution in [0.4, 0.5) is 5.69 Å². The molecule has 0 N–H and O–H groups in total. The first-order chi connectivity index (χ1) is 12.7. The van der Waals surface area contributed by atoms with E-state index in [2.05, 4.69) is 6.07 Å². The van der Waals surface area contributed by atoms with Crippen LogP contribution in [-0.4, -0.2) is 26.2 Å². The highest BCUT2D eigenvalue weighted by molar-refractivity contribution is 5.95. The lowest BCUT2D eigenvalue weighted by molar-refractivity contribution is -0.120. The molecule has 0 spiro atoms. The number of hydrogen-bond acceptors (Lipinski definition) is 3. The predicted octanol–water partition coefficient (Wildman–Crippen LogP) is 4.21. The molecule has 1 aliphatic rings. The van der Waals surface area contributed by atoms with Gasteiger partial charge in [-0.25, -0.2) is 0 Å². The summed E-state index contributed by atoms with van der Waals surface area (Å²) in [5, 5.41) is 2.13. The smallest absolute Gasteiger partial charge is 0.264 e. The van der Waals surface area contributed by atoms with Crippen molar-refractivity contribution in [3.8, 4) is 11.5 Å². The van der Waals surface area contributed by atoms with Crippen molar-refractivity contribution in [2.24, 2.45) is 0 Å². The Morgan fingerprint density at radius 3 is 2.62 bits per heavy atom. The molecule has 26 heavy (non-hydrogen) atoms. The van der Waals surface area contributed by atoms with Crippen molar-refractivity contribution in [3.05, 3.63) is 66.2 Å². The highest BCUT2D eigenvalue weighted by Gasteiger charge is 2.22. The Hall–Kier alpha value is -3.01.